The van der Waals surface area contributed by atoms with Gasteiger partial charge in [-0.15, -0.1) is 10.2 Å². The maximum absolute atomic E-state index is 5.71. The number of halogens is 1. The van der Waals surface area contributed by atoms with Crippen LogP contribution in [0.25, 0.3) is 5.69 Å². The number of aromatic nitrogens is 3. The summed E-state index contributed by atoms with van der Waals surface area (Å²) in [5, 5.41) is 9.02. The Hall–Kier alpha value is -1.79. The first-order chi connectivity index (χ1) is 10.8. The van der Waals surface area contributed by atoms with E-state index in [9.17, 15) is 0 Å². The molecule has 0 N–H and O–H groups in total. The Morgan fingerprint density at radius 1 is 1.05 bits per heavy atom. The van der Waals surface area contributed by atoms with Gasteiger partial charge in [-0.2, -0.15) is 0 Å². The monoisotopic (exact) mass is 375 g/mol. The van der Waals surface area contributed by atoms with Gasteiger partial charge in [0.1, 0.15) is 12.1 Å². The first kappa shape index (κ1) is 15.1. The smallest absolute Gasteiger partial charge is 0.195 e. The fraction of sp³-hybridized carbons (Fsp3) is 0.125. The Balaban J connectivity index is 1.54. The number of benzene rings is 2. The van der Waals surface area contributed by atoms with E-state index >= 15 is 0 Å². The van der Waals surface area contributed by atoms with Crippen LogP contribution in [-0.2, 0) is 0 Å². The van der Waals surface area contributed by atoms with E-state index in [0.717, 1.165) is 26.8 Å². The van der Waals surface area contributed by atoms with Crippen LogP contribution in [0.5, 0.6) is 5.75 Å². The molecule has 22 heavy (non-hydrogen) atoms. The summed E-state index contributed by atoms with van der Waals surface area (Å²) in [4.78, 5) is 0. The van der Waals surface area contributed by atoms with Crippen LogP contribution in [-0.4, -0.2) is 27.1 Å². The fourth-order valence-electron chi connectivity index (χ4n) is 1.91. The Bertz CT molecular complexity index is 716. The Labute approximate surface area is 141 Å². The molecule has 0 radical (unpaired) electrons. The largest absolute Gasteiger partial charge is 0.493 e. The second-order valence-electron chi connectivity index (χ2n) is 4.47. The highest BCUT2D eigenvalue weighted by atomic mass is 79.9. The van der Waals surface area contributed by atoms with Crippen LogP contribution in [0.1, 0.15) is 0 Å². The molecule has 3 aromatic rings. The van der Waals surface area contributed by atoms with Crippen LogP contribution in [0.2, 0.25) is 0 Å². The van der Waals surface area contributed by atoms with E-state index in [1.54, 1.807) is 18.1 Å². The molecule has 0 aliphatic carbocycles. The minimum absolute atomic E-state index is 0.619. The minimum Gasteiger partial charge on any atom is -0.493 e. The molecule has 1 aromatic heterocycles. The molecular formula is C16H14BrN3OS. The SMILES string of the molecule is Brc1ccc(OCCSc2nncn2-c2ccccc2)cc1. The average molecular weight is 376 g/mol. The minimum atomic E-state index is 0.619. The molecular weight excluding hydrogens is 362 g/mol. The van der Waals surface area contributed by atoms with Gasteiger partial charge in [-0.05, 0) is 36.4 Å². The summed E-state index contributed by atoms with van der Waals surface area (Å²) in [6, 6.07) is 17.9. The molecule has 3 rings (SSSR count). The summed E-state index contributed by atoms with van der Waals surface area (Å²) >= 11 is 5.03. The van der Waals surface area contributed by atoms with Crippen molar-refractivity contribution in [3.05, 3.63) is 65.4 Å². The van der Waals surface area contributed by atoms with Gasteiger partial charge >= 0.3 is 0 Å². The van der Waals surface area contributed by atoms with Gasteiger partial charge in [-0.3, -0.25) is 4.57 Å². The standard InChI is InChI=1S/C16H14BrN3OS/c17-13-6-8-15(9-7-13)21-10-11-22-16-19-18-12-20(16)14-4-2-1-3-5-14/h1-9,12H,10-11H2. The molecule has 0 saturated heterocycles. The van der Waals surface area contributed by atoms with Gasteiger partial charge < -0.3 is 4.74 Å². The number of rotatable bonds is 6. The van der Waals surface area contributed by atoms with Crippen molar-refractivity contribution >= 4 is 27.7 Å². The van der Waals surface area contributed by atoms with Crippen LogP contribution in [0.4, 0.5) is 0 Å². The molecule has 0 spiro atoms. The number of hydrogen-bond donors (Lipinski definition) is 0. The highest BCUT2D eigenvalue weighted by molar-refractivity contribution is 9.10. The Morgan fingerprint density at radius 2 is 1.82 bits per heavy atom. The average Bonchev–Trinajstić information content (AvgIpc) is 3.02. The maximum Gasteiger partial charge on any atom is 0.195 e. The van der Waals surface area contributed by atoms with Crippen LogP contribution < -0.4 is 4.74 Å². The van der Waals surface area contributed by atoms with Crippen molar-refractivity contribution in [1.29, 1.82) is 0 Å². The van der Waals surface area contributed by atoms with Gasteiger partial charge in [0.25, 0.3) is 0 Å². The number of hydrogen-bond acceptors (Lipinski definition) is 4. The maximum atomic E-state index is 5.71. The third-order valence-electron chi connectivity index (χ3n) is 2.95. The van der Waals surface area contributed by atoms with E-state index in [4.69, 9.17) is 4.74 Å². The normalized spacial score (nSPS) is 10.6. The summed E-state index contributed by atoms with van der Waals surface area (Å²) in [5.74, 6) is 1.68. The molecule has 0 atom stereocenters. The molecule has 112 valence electrons. The van der Waals surface area contributed by atoms with Gasteiger partial charge in [-0.25, -0.2) is 0 Å². The Kier molecular flexibility index (Phi) is 5.13. The number of para-hydroxylation sites is 1. The highest BCUT2D eigenvalue weighted by Gasteiger charge is 2.06. The van der Waals surface area contributed by atoms with Crippen molar-refractivity contribution in [2.75, 3.05) is 12.4 Å². The lowest BCUT2D eigenvalue weighted by atomic mass is 10.3. The first-order valence-electron chi connectivity index (χ1n) is 6.79. The van der Waals surface area contributed by atoms with E-state index in [2.05, 4.69) is 26.1 Å². The first-order valence-corrected chi connectivity index (χ1v) is 8.57. The second-order valence-corrected chi connectivity index (χ2v) is 6.45. The van der Waals surface area contributed by atoms with Crippen molar-refractivity contribution in [3.63, 3.8) is 0 Å². The molecule has 0 fully saturated rings. The zero-order valence-electron chi connectivity index (χ0n) is 11.7. The van der Waals surface area contributed by atoms with E-state index in [1.165, 1.54) is 0 Å². The quantitative estimate of drug-likeness (QED) is 0.478. The van der Waals surface area contributed by atoms with Crippen molar-refractivity contribution in [2.24, 2.45) is 0 Å². The third-order valence-corrected chi connectivity index (χ3v) is 4.38. The van der Waals surface area contributed by atoms with Gasteiger partial charge in [-0.1, -0.05) is 45.9 Å². The molecule has 0 amide bonds. The van der Waals surface area contributed by atoms with Crippen molar-refractivity contribution in [3.8, 4) is 11.4 Å². The van der Waals surface area contributed by atoms with Crippen molar-refractivity contribution < 1.29 is 4.74 Å². The number of nitrogens with zero attached hydrogens (tertiary/aromatic N) is 3. The molecule has 1 heterocycles. The summed E-state index contributed by atoms with van der Waals surface area (Å²) < 4.78 is 8.73. The van der Waals surface area contributed by atoms with Gasteiger partial charge in [0.05, 0.1) is 6.61 Å². The molecule has 0 aliphatic heterocycles. The van der Waals surface area contributed by atoms with Crippen LogP contribution in [0, 0.1) is 0 Å². The molecule has 0 saturated carbocycles. The molecule has 0 unspecified atom stereocenters. The van der Waals surface area contributed by atoms with E-state index < -0.39 is 0 Å². The molecule has 6 heteroatoms. The predicted molar refractivity (Wildman–Crippen MR) is 91.7 cm³/mol. The molecule has 4 nitrogen and oxygen atoms in total. The van der Waals surface area contributed by atoms with Crippen molar-refractivity contribution in [1.82, 2.24) is 14.8 Å². The summed E-state index contributed by atoms with van der Waals surface area (Å²) in [6.07, 6.45) is 1.73. The Morgan fingerprint density at radius 3 is 2.59 bits per heavy atom. The summed E-state index contributed by atoms with van der Waals surface area (Å²) in [5.41, 5.74) is 1.06. The fourth-order valence-corrected chi connectivity index (χ4v) is 2.92. The van der Waals surface area contributed by atoms with Crippen LogP contribution in [0.3, 0.4) is 0 Å². The van der Waals surface area contributed by atoms with Crippen LogP contribution in [0.15, 0.2) is 70.6 Å². The number of ether oxygens (including phenoxy) is 1. The molecule has 0 aliphatic rings. The van der Waals surface area contributed by atoms with Gasteiger partial charge in [0.15, 0.2) is 5.16 Å². The topological polar surface area (TPSA) is 39.9 Å². The lowest BCUT2D eigenvalue weighted by molar-refractivity contribution is 0.344. The zero-order valence-corrected chi connectivity index (χ0v) is 14.1. The highest BCUT2D eigenvalue weighted by Crippen LogP contribution is 2.20. The summed E-state index contributed by atoms with van der Waals surface area (Å²) in [6.45, 7) is 0.619. The van der Waals surface area contributed by atoms with E-state index in [-0.39, 0.29) is 0 Å². The lowest BCUT2D eigenvalue weighted by Crippen LogP contribution is -2.02. The molecule has 2 aromatic carbocycles. The van der Waals surface area contributed by atoms with Gasteiger partial charge in [0, 0.05) is 15.9 Å². The molecule has 0 bridgehead atoms. The van der Waals surface area contributed by atoms with Crippen LogP contribution >= 0.6 is 27.7 Å². The zero-order chi connectivity index (χ0) is 15.2. The predicted octanol–water partition coefficient (Wildman–Crippen LogP) is 4.20. The van der Waals surface area contributed by atoms with Crippen molar-refractivity contribution in [2.45, 2.75) is 5.16 Å². The van der Waals surface area contributed by atoms with E-state index in [0.29, 0.717) is 6.61 Å². The van der Waals surface area contributed by atoms with E-state index in [1.807, 2.05) is 59.2 Å². The number of thioether (sulfide) groups is 1. The summed E-state index contributed by atoms with van der Waals surface area (Å²) in [7, 11) is 0. The second kappa shape index (κ2) is 7.47. The lowest BCUT2D eigenvalue weighted by Gasteiger charge is -2.07. The third kappa shape index (κ3) is 3.90. The van der Waals surface area contributed by atoms with Gasteiger partial charge in [0.2, 0.25) is 0 Å².